The Hall–Kier alpha value is -6.20. The Balaban J connectivity index is 0.931. The van der Waals surface area contributed by atoms with Gasteiger partial charge in [-0.25, -0.2) is 24.9 Å². The van der Waals surface area contributed by atoms with Crippen LogP contribution in [-0.4, -0.2) is 55.7 Å². The SMILES string of the molecule is CCOC(=O)C(Cc1ccc(OCC2CN(c3ccc(C4=NC(c5ccccc5)ON4)cc3)C(=O)O2)cc1)NC(=O)c1cccc2ccccc12. The molecule has 258 valence electrons. The van der Waals surface area contributed by atoms with Gasteiger partial charge in [0.2, 0.25) is 6.23 Å². The maximum atomic E-state index is 13.3. The van der Waals surface area contributed by atoms with Crippen molar-refractivity contribution >= 4 is 40.3 Å². The van der Waals surface area contributed by atoms with Crippen LogP contribution in [0.2, 0.25) is 0 Å². The molecule has 1 fully saturated rings. The highest BCUT2D eigenvalue weighted by Crippen LogP contribution is 2.26. The van der Waals surface area contributed by atoms with Crippen LogP contribution in [0.1, 0.15) is 40.2 Å². The van der Waals surface area contributed by atoms with E-state index in [0.717, 1.165) is 27.5 Å². The number of esters is 1. The Morgan fingerprint density at radius 1 is 0.922 bits per heavy atom. The van der Waals surface area contributed by atoms with Gasteiger partial charge in [-0.3, -0.25) is 9.69 Å². The van der Waals surface area contributed by atoms with E-state index in [4.69, 9.17) is 19.0 Å². The summed E-state index contributed by atoms with van der Waals surface area (Å²) in [6.45, 7) is 2.40. The largest absolute Gasteiger partial charge is 0.490 e. The molecule has 2 N–H and O–H groups in total. The summed E-state index contributed by atoms with van der Waals surface area (Å²) in [4.78, 5) is 50.7. The number of hydrogen-bond acceptors (Lipinski definition) is 9. The summed E-state index contributed by atoms with van der Waals surface area (Å²) in [7, 11) is 0. The molecule has 0 saturated carbocycles. The topological polar surface area (TPSA) is 128 Å². The minimum Gasteiger partial charge on any atom is -0.490 e. The first-order valence-corrected chi connectivity index (χ1v) is 16.7. The van der Waals surface area contributed by atoms with E-state index in [-0.39, 0.29) is 25.5 Å². The number of amides is 2. The lowest BCUT2D eigenvalue weighted by atomic mass is 10.0. The van der Waals surface area contributed by atoms with E-state index in [1.807, 2.05) is 103 Å². The second kappa shape index (κ2) is 15.1. The lowest BCUT2D eigenvalue weighted by Crippen LogP contribution is -2.43. The summed E-state index contributed by atoms with van der Waals surface area (Å²) in [5, 5.41) is 4.61. The summed E-state index contributed by atoms with van der Waals surface area (Å²) >= 11 is 0. The fourth-order valence-electron chi connectivity index (χ4n) is 6.04. The zero-order valence-electron chi connectivity index (χ0n) is 27.9. The van der Waals surface area contributed by atoms with Crippen molar-refractivity contribution < 1.29 is 33.4 Å². The number of hydroxylamine groups is 1. The van der Waals surface area contributed by atoms with Crippen molar-refractivity contribution in [3.05, 3.63) is 144 Å². The summed E-state index contributed by atoms with van der Waals surface area (Å²) in [6.07, 6.45) is -1.13. The molecule has 2 heterocycles. The average Bonchev–Trinajstić information content (AvgIpc) is 3.82. The molecule has 7 rings (SSSR count). The Bertz CT molecular complexity index is 2050. The van der Waals surface area contributed by atoms with Gasteiger partial charge in [0, 0.05) is 28.8 Å². The van der Waals surface area contributed by atoms with Crippen LogP contribution in [0.4, 0.5) is 10.5 Å². The third-order valence-electron chi connectivity index (χ3n) is 8.63. The van der Waals surface area contributed by atoms with Gasteiger partial charge in [-0.2, -0.15) is 0 Å². The molecule has 0 aromatic heterocycles. The molecule has 11 nitrogen and oxygen atoms in total. The van der Waals surface area contributed by atoms with Gasteiger partial charge >= 0.3 is 12.1 Å². The van der Waals surface area contributed by atoms with Crippen molar-refractivity contribution in [2.75, 3.05) is 24.7 Å². The number of aliphatic imine (C=N–C) groups is 1. The molecule has 0 bridgehead atoms. The average molecular weight is 685 g/mol. The molecule has 51 heavy (non-hydrogen) atoms. The number of carbonyl (C=O) groups is 3. The third-order valence-corrected chi connectivity index (χ3v) is 8.63. The van der Waals surface area contributed by atoms with E-state index < -0.39 is 30.4 Å². The molecule has 3 unspecified atom stereocenters. The van der Waals surface area contributed by atoms with E-state index in [9.17, 15) is 14.4 Å². The van der Waals surface area contributed by atoms with E-state index in [1.165, 1.54) is 0 Å². The molecular weight excluding hydrogens is 648 g/mol. The number of amidine groups is 1. The van der Waals surface area contributed by atoms with Gasteiger partial charge in [0.25, 0.3) is 5.91 Å². The Morgan fingerprint density at radius 3 is 2.45 bits per heavy atom. The van der Waals surface area contributed by atoms with Crippen molar-refractivity contribution in [3.63, 3.8) is 0 Å². The summed E-state index contributed by atoms with van der Waals surface area (Å²) in [5.41, 5.74) is 6.65. The van der Waals surface area contributed by atoms with E-state index in [2.05, 4.69) is 15.8 Å². The fourth-order valence-corrected chi connectivity index (χ4v) is 6.04. The smallest absolute Gasteiger partial charge is 0.414 e. The number of carbonyl (C=O) groups excluding carboxylic acids is 3. The number of hydrogen-bond donors (Lipinski definition) is 2. The molecule has 2 amide bonds. The fraction of sp³-hybridized carbons (Fsp3) is 0.200. The van der Waals surface area contributed by atoms with Crippen LogP contribution in [0.5, 0.6) is 5.75 Å². The maximum Gasteiger partial charge on any atom is 0.414 e. The molecule has 5 aromatic carbocycles. The maximum absolute atomic E-state index is 13.3. The number of fused-ring (bicyclic) bond motifs is 1. The first kappa shape index (κ1) is 33.3. The number of anilines is 1. The Labute approximate surface area is 294 Å². The van der Waals surface area contributed by atoms with Crippen molar-refractivity contribution in [2.45, 2.75) is 31.7 Å². The first-order chi connectivity index (χ1) is 24.9. The van der Waals surface area contributed by atoms with Crippen molar-refractivity contribution in [2.24, 2.45) is 4.99 Å². The summed E-state index contributed by atoms with van der Waals surface area (Å²) in [6, 6.07) is 36.6. The number of ether oxygens (including phenoxy) is 3. The van der Waals surface area contributed by atoms with Crippen LogP contribution < -0.4 is 20.4 Å². The molecule has 2 aliphatic heterocycles. The van der Waals surface area contributed by atoms with E-state index in [1.54, 1.807) is 30.0 Å². The van der Waals surface area contributed by atoms with Gasteiger partial charge < -0.3 is 19.5 Å². The highest BCUT2D eigenvalue weighted by molar-refractivity contribution is 6.08. The molecule has 0 aliphatic carbocycles. The van der Waals surface area contributed by atoms with Crippen molar-refractivity contribution in [3.8, 4) is 5.75 Å². The highest BCUT2D eigenvalue weighted by Gasteiger charge is 2.33. The Morgan fingerprint density at radius 2 is 1.67 bits per heavy atom. The number of rotatable bonds is 12. The molecule has 2 aliphatic rings. The molecule has 11 heteroatoms. The lowest BCUT2D eigenvalue weighted by Gasteiger charge is -2.18. The van der Waals surface area contributed by atoms with Crippen LogP contribution in [0.15, 0.2) is 126 Å². The zero-order valence-corrected chi connectivity index (χ0v) is 27.9. The van der Waals surface area contributed by atoms with Crippen molar-refractivity contribution in [1.29, 1.82) is 0 Å². The predicted octanol–water partition coefficient (Wildman–Crippen LogP) is 6.13. The van der Waals surface area contributed by atoms with Gasteiger partial charge in [0.05, 0.1) is 13.2 Å². The minimum absolute atomic E-state index is 0.158. The van der Waals surface area contributed by atoms with E-state index in [0.29, 0.717) is 29.4 Å². The Kier molecular flexibility index (Phi) is 9.89. The first-order valence-electron chi connectivity index (χ1n) is 16.7. The molecule has 1 saturated heterocycles. The number of cyclic esters (lactones) is 1. The normalized spacial score (nSPS) is 17.3. The van der Waals surface area contributed by atoms with Gasteiger partial charge in [0.1, 0.15) is 18.4 Å². The summed E-state index contributed by atoms with van der Waals surface area (Å²) in [5.74, 6) is 0.320. The quantitative estimate of drug-likeness (QED) is 0.150. The van der Waals surface area contributed by atoms with Crippen LogP contribution in [0, 0.1) is 0 Å². The second-order valence-corrected chi connectivity index (χ2v) is 12.1. The van der Waals surface area contributed by atoms with Crippen LogP contribution in [0.25, 0.3) is 10.8 Å². The monoisotopic (exact) mass is 684 g/mol. The summed E-state index contributed by atoms with van der Waals surface area (Å²) < 4.78 is 16.8. The molecular formula is C40H36N4O7. The number of benzene rings is 5. The van der Waals surface area contributed by atoms with E-state index >= 15 is 0 Å². The van der Waals surface area contributed by atoms with Crippen molar-refractivity contribution in [1.82, 2.24) is 10.8 Å². The zero-order chi connectivity index (χ0) is 35.2. The van der Waals surface area contributed by atoms with Gasteiger partial charge in [-0.1, -0.05) is 78.9 Å². The number of nitrogens with one attached hydrogen (secondary N) is 2. The standard InChI is InChI=1S/C40H36N4O7/c1-2-48-39(46)35(41-37(45)34-14-8-12-27-9-6-7-13-33(27)34)23-26-15-21-31(22-16-26)49-25-32-24-44(40(47)50-32)30-19-17-28(18-20-30)36-42-38(51-43-36)29-10-4-3-5-11-29/h3-22,32,35,38H,2,23-25H2,1H3,(H,41,45)(H,42,43). The van der Waals surface area contributed by atoms with Crippen LogP contribution in [-0.2, 0) is 25.5 Å². The van der Waals surface area contributed by atoms with Gasteiger partial charge in [-0.15, -0.1) is 0 Å². The predicted molar refractivity (Wildman–Crippen MR) is 191 cm³/mol. The third kappa shape index (κ3) is 7.68. The highest BCUT2D eigenvalue weighted by atomic mass is 16.7. The lowest BCUT2D eigenvalue weighted by molar-refractivity contribution is -0.145. The van der Waals surface area contributed by atoms with Crippen LogP contribution in [0.3, 0.4) is 0 Å². The molecule has 3 atom stereocenters. The van der Waals surface area contributed by atoms with Gasteiger partial charge in [0.15, 0.2) is 11.9 Å². The molecule has 0 radical (unpaired) electrons. The molecule has 5 aromatic rings. The van der Waals surface area contributed by atoms with Gasteiger partial charge in [-0.05, 0) is 65.7 Å². The number of nitrogens with zero attached hydrogens (tertiary/aromatic N) is 2. The second-order valence-electron chi connectivity index (χ2n) is 12.1. The minimum atomic E-state index is -0.886. The molecule has 0 spiro atoms. The van der Waals surface area contributed by atoms with Crippen LogP contribution >= 0.6 is 0 Å².